The first-order valence-electron chi connectivity index (χ1n) is 6.96. The number of fused-ring (bicyclic) bond motifs is 2. The largest absolute Gasteiger partial charge is 0.393 e. The minimum absolute atomic E-state index is 0.0812. The fraction of sp³-hybridized carbons (Fsp3) is 0.733. The Morgan fingerprint density at radius 2 is 1.88 bits per heavy atom. The molecule has 3 aliphatic carbocycles. The first-order chi connectivity index (χ1) is 8.24. The van der Waals surface area contributed by atoms with Crippen molar-refractivity contribution in [2.75, 3.05) is 0 Å². The summed E-state index contributed by atoms with van der Waals surface area (Å²) < 4.78 is 13.0. The van der Waals surface area contributed by atoms with E-state index in [-0.39, 0.29) is 11.9 Å². The Morgan fingerprint density at radius 1 is 1.18 bits per heavy atom. The van der Waals surface area contributed by atoms with Crippen molar-refractivity contribution in [2.24, 2.45) is 23.7 Å². The van der Waals surface area contributed by atoms with E-state index in [0.717, 1.165) is 19.3 Å². The fourth-order valence-electron chi connectivity index (χ4n) is 4.35. The van der Waals surface area contributed by atoms with Gasteiger partial charge in [0.1, 0.15) is 5.83 Å². The normalized spacial score (nSPS) is 45.5. The molecule has 3 atom stereocenters. The van der Waals surface area contributed by atoms with Crippen molar-refractivity contribution in [3.8, 4) is 0 Å². The van der Waals surface area contributed by atoms with E-state index in [1.165, 1.54) is 19.3 Å². The lowest BCUT2D eigenvalue weighted by molar-refractivity contribution is -0.0185. The summed E-state index contributed by atoms with van der Waals surface area (Å²) in [6.45, 7) is 0. The van der Waals surface area contributed by atoms with E-state index >= 15 is 0 Å². The van der Waals surface area contributed by atoms with E-state index in [1.807, 2.05) is 0 Å². The lowest BCUT2D eigenvalue weighted by Crippen LogP contribution is -2.41. The predicted molar refractivity (Wildman–Crippen MR) is 66.0 cm³/mol. The number of rotatable bonds is 1. The molecule has 0 aliphatic heterocycles. The number of aliphatic hydroxyl groups excluding tert-OH is 1. The molecule has 17 heavy (non-hydrogen) atoms. The van der Waals surface area contributed by atoms with Gasteiger partial charge in [0, 0.05) is 0 Å². The second-order valence-corrected chi connectivity index (χ2v) is 6.00. The molecule has 0 aromatic carbocycles. The van der Waals surface area contributed by atoms with Gasteiger partial charge < -0.3 is 5.11 Å². The van der Waals surface area contributed by atoms with Gasteiger partial charge in [-0.3, -0.25) is 0 Å². The Labute approximate surface area is 102 Å². The van der Waals surface area contributed by atoms with Crippen molar-refractivity contribution >= 4 is 0 Å². The third-order valence-electron chi connectivity index (χ3n) is 4.97. The standard InChI is InChI=1S/C15H21FO/c16-13-6-4-10(5-7-13)15-11-2-1-3-12(15)9-14(17)8-11/h4,6-7,10-12,14-15,17H,1-3,5,8-9H2. The summed E-state index contributed by atoms with van der Waals surface area (Å²) in [5.74, 6) is 2.45. The van der Waals surface area contributed by atoms with Gasteiger partial charge in [0.25, 0.3) is 0 Å². The monoisotopic (exact) mass is 236 g/mol. The summed E-state index contributed by atoms with van der Waals surface area (Å²) in [5, 5.41) is 9.88. The first-order valence-corrected chi connectivity index (χ1v) is 6.96. The molecule has 2 heteroatoms. The second kappa shape index (κ2) is 4.56. The van der Waals surface area contributed by atoms with Crippen LogP contribution in [0.4, 0.5) is 4.39 Å². The van der Waals surface area contributed by atoms with Gasteiger partial charge in [0.05, 0.1) is 6.10 Å². The van der Waals surface area contributed by atoms with Crippen molar-refractivity contribution in [2.45, 2.75) is 44.6 Å². The Bertz CT molecular complexity index is 333. The highest BCUT2D eigenvalue weighted by molar-refractivity contribution is 5.19. The third-order valence-corrected chi connectivity index (χ3v) is 4.97. The molecule has 1 nitrogen and oxygen atoms in total. The lowest BCUT2D eigenvalue weighted by atomic mass is 9.59. The summed E-state index contributed by atoms with van der Waals surface area (Å²) in [6, 6.07) is 0. The number of hydrogen-bond acceptors (Lipinski definition) is 1. The smallest absolute Gasteiger partial charge is 0.118 e. The molecular formula is C15H21FO. The summed E-state index contributed by atoms with van der Waals surface area (Å²) in [5.41, 5.74) is 0. The molecule has 2 fully saturated rings. The molecule has 3 rings (SSSR count). The van der Waals surface area contributed by atoms with Crippen LogP contribution in [0.1, 0.15) is 38.5 Å². The predicted octanol–water partition coefficient (Wildman–Crippen LogP) is 3.60. The average Bonchev–Trinajstić information content (AvgIpc) is 2.29. The van der Waals surface area contributed by atoms with Gasteiger partial charge in [-0.1, -0.05) is 25.3 Å². The van der Waals surface area contributed by atoms with Gasteiger partial charge in [-0.2, -0.15) is 0 Å². The summed E-state index contributed by atoms with van der Waals surface area (Å²) in [6.07, 6.45) is 12.0. The maximum Gasteiger partial charge on any atom is 0.118 e. The molecule has 0 saturated heterocycles. The van der Waals surface area contributed by atoms with Gasteiger partial charge in [-0.15, -0.1) is 0 Å². The maximum atomic E-state index is 13.0. The lowest BCUT2D eigenvalue weighted by Gasteiger charge is -2.47. The highest BCUT2D eigenvalue weighted by atomic mass is 19.1. The van der Waals surface area contributed by atoms with Gasteiger partial charge in [0.15, 0.2) is 0 Å². The number of hydrogen-bond donors (Lipinski definition) is 1. The van der Waals surface area contributed by atoms with E-state index in [9.17, 15) is 9.50 Å². The van der Waals surface area contributed by atoms with E-state index in [1.54, 1.807) is 12.2 Å². The van der Waals surface area contributed by atoms with Crippen LogP contribution < -0.4 is 0 Å². The van der Waals surface area contributed by atoms with Crippen LogP contribution in [0.3, 0.4) is 0 Å². The van der Waals surface area contributed by atoms with E-state index in [0.29, 0.717) is 23.7 Å². The zero-order valence-corrected chi connectivity index (χ0v) is 10.2. The van der Waals surface area contributed by atoms with Gasteiger partial charge in [-0.25, -0.2) is 4.39 Å². The molecule has 0 spiro atoms. The summed E-state index contributed by atoms with van der Waals surface area (Å²) in [7, 11) is 0. The Kier molecular flexibility index (Phi) is 3.08. The van der Waals surface area contributed by atoms with Crippen molar-refractivity contribution < 1.29 is 9.50 Å². The van der Waals surface area contributed by atoms with Crippen molar-refractivity contribution in [3.63, 3.8) is 0 Å². The minimum atomic E-state index is -0.0820. The molecule has 3 unspecified atom stereocenters. The Balaban J connectivity index is 1.76. The molecule has 3 aliphatic rings. The van der Waals surface area contributed by atoms with Crippen LogP contribution in [0.2, 0.25) is 0 Å². The fourth-order valence-corrected chi connectivity index (χ4v) is 4.35. The molecule has 0 aromatic rings. The summed E-state index contributed by atoms with van der Waals surface area (Å²) in [4.78, 5) is 0. The highest BCUT2D eigenvalue weighted by Crippen LogP contribution is 2.49. The van der Waals surface area contributed by atoms with Crippen LogP contribution in [0.5, 0.6) is 0 Å². The summed E-state index contributed by atoms with van der Waals surface area (Å²) >= 11 is 0. The van der Waals surface area contributed by atoms with Crippen LogP contribution in [-0.2, 0) is 0 Å². The average molecular weight is 236 g/mol. The minimum Gasteiger partial charge on any atom is -0.393 e. The molecule has 0 aromatic heterocycles. The van der Waals surface area contributed by atoms with E-state index < -0.39 is 0 Å². The molecule has 2 bridgehead atoms. The molecule has 0 radical (unpaired) electrons. The van der Waals surface area contributed by atoms with Crippen LogP contribution in [0, 0.1) is 23.7 Å². The van der Waals surface area contributed by atoms with Crippen LogP contribution in [0.15, 0.2) is 24.1 Å². The van der Waals surface area contributed by atoms with Crippen LogP contribution >= 0.6 is 0 Å². The van der Waals surface area contributed by atoms with Gasteiger partial charge in [0.2, 0.25) is 0 Å². The van der Waals surface area contributed by atoms with Crippen molar-refractivity contribution in [3.05, 3.63) is 24.1 Å². The number of aliphatic hydroxyl groups is 1. The number of allylic oxidation sites excluding steroid dienone is 4. The molecule has 1 N–H and O–H groups in total. The molecule has 0 heterocycles. The zero-order valence-electron chi connectivity index (χ0n) is 10.2. The van der Waals surface area contributed by atoms with Crippen molar-refractivity contribution in [1.82, 2.24) is 0 Å². The van der Waals surface area contributed by atoms with Crippen LogP contribution in [-0.4, -0.2) is 11.2 Å². The van der Waals surface area contributed by atoms with Gasteiger partial charge >= 0.3 is 0 Å². The van der Waals surface area contributed by atoms with Crippen LogP contribution in [0.25, 0.3) is 0 Å². The van der Waals surface area contributed by atoms with E-state index in [2.05, 4.69) is 6.08 Å². The third kappa shape index (κ3) is 2.20. The second-order valence-electron chi connectivity index (χ2n) is 6.00. The molecule has 0 amide bonds. The molecule has 2 saturated carbocycles. The first kappa shape index (κ1) is 11.5. The highest BCUT2D eigenvalue weighted by Gasteiger charge is 2.42. The molecular weight excluding hydrogens is 215 g/mol. The number of halogens is 1. The molecule has 94 valence electrons. The quantitative estimate of drug-likeness (QED) is 0.737. The van der Waals surface area contributed by atoms with E-state index in [4.69, 9.17) is 0 Å². The zero-order chi connectivity index (χ0) is 11.8. The topological polar surface area (TPSA) is 20.2 Å². The Hall–Kier alpha value is -0.630. The Morgan fingerprint density at radius 3 is 2.47 bits per heavy atom. The maximum absolute atomic E-state index is 13.0. The SMILES string of the molecule is OC1CC2CCCC(C1)C2C1C=CC(F)=CC1. The van der Waals surface area contributed by atoms with Crippen molar-refractivity contribution in [1.29, 1.82) is 0 Å². The van der Waals surface area contributed by atoms with Gasteiger partial charge in [-0.05, 0) is 55.1 Å².